The van der Waals surface area contributed by atoms with Crippen molar-refractivity contribution in [2.75, 3.05) is 0 Å². The van der Waals surface area contributed by atoms with Gasteiger partial charge in [0.25, 0.3) is 0 Å². The first kappa shape index (κ1) is 21.7. The van der Waals surface area contributed by atoms with Gasteiger partial charge in [-0.3, -0.25) is 0 Å². The first-order valence-electron chi connectivity index (χ1n) is 10.1. The Hall–Kier alpha value is -1.99. The van der Waals surface area contributed by atoms with E-state index in [1.165, 1.54) is 0 Å². The number of aryl methyl sites for hydroxylation is 2. The van der Waals surface area contributed by atoms with Crippen molar-refractivity contribution in [2.24, 2.45) is 0 Å². The van der Waals surface area contributed by atoms with Crippen molar-refractivity contribution in [3.8, 4) is 6.01 Å². The van der Waals surface area contributed by atoms with Crippen LogP contribution in [0.1, 0.15) is 63.4 Å². The largest absolute Gasteiger partial charge is 0.460 e. The number of nitrogens with one attached hydrogen (secondary N) is 1. The molecule has 0 atom stereocenters. The van der Waals surface area contributed by atoms with Gasteiger partial charge in [-0.25, -0.2) is 23.1 Å². The Labute approximate surface area is 174 Å². The summed E-state index contributed by atoms with van der Waals surface area (Å²) < 4.78 is 34.3. The predicted molar refractivity (Wildman–Crippen MR) is 114 cm³/mol. The SMILES string of the molecule is Cc1cc(C)nc(OC2CCC(NS(=O)(=O)c3ccc(C(C)(C)C)cc3)CC2)n1. The maximum Gasteiger partial charge on any atom is 0.317 e. The fraction of sp³-hybridized carbons (Fsp3) is 0.545. The molecule has 1 heterocycles. The van der Waals surface area contributed by atoms with Crippen LogP contribution in [-0.4, -0.2) is 30.5 Å². The van der Waals surface area contributed by atoms with E-state index in [0.717, 1.165) is 42.6 Å². The lowest BCUT2D eigenvalue weighted by Gasteiger charge is -2.29. The second-order valence-electron chi connectivity index (χ2n) is 8.92. The minimum absolute atomic E-state index is 0.00630. The highest BCUT2D eigenvalue weighted by atomic mass is 32.2. The Kier molecular flexibility index (Phi) is 6.29. The van der Waals surface area contributed by atoms with E-state index >= 15 is 0 Å². The molecular formula is C22H31N3O3S. The van der Waals surface area contributed by atoms with Gasteiger partial charge in [0.1, 0.15) is 6.10 Å². The highest BCUT2D eigenvalue weighted by Gasteiger charge is 2.27. The van der Waals surface area contributed by atoms with Crippen molar-refractivity contribution in [2.45, 2.75) is 82.8 Å². The van der Waals surface area contributed by atoms with Crippen LogP contribution < -0.4 is 9.46 Å². The fourth-order valence-electron chi connectivity index (χ4n) is 3.62. The van der Waals surface area contributed by atoms with Gasteiger partial charge in [0.05, 0.1) is 4.90 Å². The standard InChI is InChI=1S/C22H31N3O3S/c1-15-14-16(2)24-21(23-15)28-19-10-8-18(9-11-19)25-29(26,27)20-12-6-17(7-13-20)22(3,4)5/h6-7,12-14,18-19,25H,8-11H2,1-5H3. The Bertz CT molecular complexity index is 922. The van der Waals surface area contributed by atoms with Crippen LogP contribution in [0.25, 0.3) is 0 Å². The van der Waals surface area contributed by atoms with E-state index in [0.29, 0.717) is 10.9 Å². The minimum atomic E-state index is -3.53. The van der Waals surface area contributed by atoms with Crippen LogP contribution in [-0.2, 0) is 15.4 Å². The van der Waals surface area contributed by atoms with Gasteiger partial charge in [-0.1, -0.05) is 32.9 Å². The summed E-state index contributed by atoms with van der Waals surface area (Å²) in [5.74, 6) is 0. The highest BCUT2D eigenvalue weighted by Crippen LogP contribution is 2.26. The molecule has 29 heavy (non-hydrogen) atoms. The highest BCUT2D eigenvalue weighted by molar-refractivity contribution is 7.89. The van der Waals surface area contributed by atoms with Crippen molar-refractivity contribution in [1.82, 2.24) is 14.7 Å². The van der Waals surface area contributed by atoms with Gasteiger partial charge in [-0.2, -0.15) is 0 Å². The van der Waals surface area contributed by atoms with Crippen LogP contribution in [0, 0.1) is 13.8 Å². The van der Waals surface area contributed by atoms with E-state index in [2.05, 4.69) is 35.5 Å². The average Bonchev–Trinajstić information content (AvgIpc) is 2.62. The molecule has 7 heteroatoms. The molecule has 0 spiro atoms. The van der Waals surface area contributed by atoms with E-state index in [4.69, 9.17) is 4.74 Å². The van der Waals surface area contributed by atoms with Crippen LogP contribution in [0.3, 0.4) is 0 Å². The summed E-state index contributed by atoms with van der Waals surface area (Å²) in [5, 5.41) is 0. The van der Waals surface area contributed by atoms with Crippen LogP contribution in [0.15, 0.2) is 35.2 Å². The molecule has 6 nitrogen and oxygen atoms in total. The number of hydrogen-bond acceptors (Lipinski definition) is 5. The smallest absolute Gasteiger partial charge is 0.317 e. The van der Waals surface area contributed by atoms with Crippen molar-refractivity contribution in [1.29, 1.82) is 0 Å². The Morgan fingerprint density at radius 1 is 0.966 bits per heavy atom. The summed E-state index contributed by atoms with van der Waals surface area (Å²) >= 11 is 0. The van der Waals surface area contributed by atoms with Gasteiger partial charge in [0.2, 0.25) is 10.0 Å². The molecule has 0 bridgehead atoms. The Morgan fingerprint density at radius 3 is 2.03 bits per heavy atom. The van der Waals surface area contributed by atoms with Crippen LogP contribution in [0.2, 0.25) is 0 Å². The third kappa shape index (κ3) is 5.76. The van der Waals surface area contributed by atoms with Gasteiger partial charge in [0.15, 0.2) is 0 Å². The molecule has 1 aromatic carbocycles. The molecule has 2 aromatic rings. The Balaban J connectivity index is 1.57. The van der Waals surface area contributed by atoms with E-state index < -0.39 is 10.0 Å². The molecule has 158 valence electrons. The molecule has 0 radical (unpaired) electrons. The summed E-state index contributed by atoms with van der Waals surface area (Å²) in [7, 11) is -3.53. The van der Waals surface area contributed by atoms with E-state index in [1.54, 1.807) is 12.1 Å². The molecule has 0 unspecified atom stereocenters. The van der Waals surface area contributed by atoms with Crippen molar-refractivity contribution >= 4 is 10.0 Å². The molecule has 1 N–H and O–H groups in total. The van der Waals surface area contributed by atoms with Gasteiger partial charge < -0.3 is 4.74 Å². The molecule has 1 fully saturated rings. The number of aromatic nitrogens is 2. The first-order chi connectivity index (χ1) is 13.5. The molecule has 1 aliphatic rings. The zero-order valence-corrected chi connectivity index (χ0v) is 18.7. The number of hydrogen-bond donors (Lipinski definition) is 1. The first-order valence-corrected chi connectivity index (χ1v) is 11.6. The van der Waals surface area contributed by atoms with Crippen molar-refractivity contribution in [3.63, 3.8) is 0 Å². The van der Waals surface area contributed by atoms with E-state index in [1.807, 2.05) is 32.0 Å². The second-order valence-corrected chi connectivity index (χ2v) is 10.6. The van der Waals surface area contributed by atoms with Gasteiger partial charge >= 0.3 is 6.01 Å². The van der Waals surface area contributed by atoms with Gasteiger partial charge in [-0.05, 0) is 68.7 Å². The average molecular weight is 418 g/mol. The molecule has 0 saturated heterocycles. The number of ether oxygens (including phenoxy) is 1. The molecule has 1 aliphatic carbocycles. The van der Waals surface area contributed by atoms with Crippen LogP contribution in [0.5, 0.6) is 6.01 Å². The third-order valence-electron chi connectivity index (χ3n) is 5.26. The summed E-state index contributed by atoms with van der Waals surface area (Å²) in [6, 6.07) is 9.40. The normalized spacial score (nSPS) is 20.4. The number of sulfonamides is 1. The monoisotopic (exact) mass is 417 g/mol. The van der Waals surface area contributed by atoms with Crippen molar-refractivity contribution < 1.29 is 13.2 Å². The summed E-state index contributed by atoms with van der Waals surface area (Å²) in [4.78, 5) is 8.96. The number of rotatable bonds is 5. The molecule has 1 saturated carbocycles. The minimum Gasteiger partial charge on any atom is -0.460 e. The molecule has 0 amide bonds. The van der Waals surface area contributed by atoms with Crippen LogP contribution >= 0.6 is 0 Å². The molecule has 3 rings (SSSR count). The molecule has 0 aliphatic heterocycles. The maximum absolute atomic E-state index is 12.7. The number of nitrogens with zero attached hydrogens (tertiary/aromatic N) is 2. The summed E-state index contributed by atoms with van der Waals surface area (Å²) in [5.41, 5.74) is 2.87. The third-order valence-corrected chi connectivity index (χ3v) is 6.80. The summed E-state index contributed by atoms with van der Waals surface area (Å²) in [6.07, 6.45) is 3.02. The second kappa shape index (κ2) is 8.40. The Morgan fingerprint density at radius 2 is 1.52 bits per heavy atom. The van der Waals surface area contributed by atoms with Gasteiger partial charge in [-0.15, -0.1) is 0 Å². The van der Waals surface area contributed by atoms with E-state index in [9.17, 15) is 8.42 Å². The molecule has 1 aromatic heterocycles. The number of benzene rings is 1. The lowest BCUT2D eigenvalue weighted by molar-refractivity contribution is 0.131. The lowest BCUT2D eigenvalue weighted by Crippen LogP contribution is -2.39. The predicted octanol–water partition coefficient (Wildman–Crippen LogP) is 4.06. The van der Waals surface area contributed by atoms with Crippen LogP contribution in [0.4, 0.5) is 0 Å². The fourth-order valence-corrected chi connectivity index (χ4v) is 4.92. The van der Waals surface area contributed by atoms with Gasteiger partial charge in [0, 0.05) is 17.4 Å². The molecular weight excluding hydrogens is 386 g/mol. The topological polar surface area (TPSA) is 81.2 Å². The zero-order chi connectivity index (χ0) is 21.2. The van der Waals surface area contributed by atoms with Crippen molar-refractivity contribution in [3.05, 3.63) is 47.3 Å². The zero-order valence-electron chi connectivity index (χ0n) is 17.9. The summed E-state index contributed by atoms with van der Waals surface area (Å²) in [6.45, 7) is 10.2. The lowest BCUT2D eigenvalue weighted by atomic mass is 9.87. The van der Waals surface area contributed by atoms with E-state index in [-0.39, 0.29) is 17.6 Å². The maximum atomic E-state index is 12.7. The quantitative estimate of drug-likeness (QED) is 0.793.